The summed E-state index contributed by atoms with van der Waals surface area (Å²) in [5.74, 6) is -0.537. The number of urea groups is 1. The number of hydrogen-bond acceptors (Lipinski definition) is 6. The Morgan fingerprint density at radius 3 is 2.32 bits per heavy atom. The molecule has 3 aromatic carbocycles. The molecule has 0 radical (unpaired) electrons. The highest BCUT2D eigenvalue weighted by molar-refractivity contribution is 6.32. The van der Waals surface area contributed by atoms with E-state index in [0.29, 0.717) is 11.3 Å². The Bertz CT molecular complexity index is 1530. The van der Waals surface area contributed by atoms with Crippen molar-refractivity contribution in [3.63, 3.8) is 0 Å². The molecule has 1 aliphatic rings. The molecule has 1 fully saturated rings. The highest BCUT2D eigenvalue weighted by Crippen LogP contribution is 2.41. The van der Waals surface area contributed by atoms with Gasteiger partial charge in [-0.2, -0.15) is 0 Å². The van der Waals surface area contributed by atoms with Crippen LogP contribution < -0.4 is 10.1 Å². The number of nitrogens with zero attached hydrogens (tertiary/aromatic N) is 2. The van der Waals surface area contributed by atoms with E-state index in [9.17, 15) is 14.0 Å². The zero-order valence-corrected chi connectivity index (χ0v) is 26.1. The number of nitrogens with one attached hydrogen (secondary N) is 2. The first-order valence-electron chi connectivity index (χ1n) is 14.3. The van der Waals surface area contributed by atoms with Gasteiger partial charge in [0.2, 0.25) is 0 Å². The molecule has 0 saturated carbocycles. The standard InChI is InChI=1S/C30H28ClFN4O4.C2H6.CH4O/c1-17-8-13-22(23(32)16-17)25-27(31)35-28(33-25)26(18(2)19-6-4-3-5-7-19)36-29(38)24(34-30(36)39)20-9-11-21(12-10-20)40-15-14-37;2*1-2/h3-13,16,18,24,26,37H,14-15H2,1-2H3,(H,33,35)(H,34,39);1-2H3;2H,1H3/t18?,24-,26?;;/m1../s1. The highest BCUT2D eigenvalue weighted by Gasteiger charge is 2.46. The van der Waals surface area contributed by atoms with Crippen molar-refractivity contribution in [3.05, 3.63) is 106 Å². The van der Waals surface area contributed by atoms with Crippen molar-refractivity contribution in [2.45, 2.75) is 45.7 Å². The number of carbonyl (C=O) groups is 2. The zero-order valence-electron chi connectivity index (χ0n) is 25.3. The van der Waals surface area contributed by atoms with Crippen LogP contribution in [-0.2, 0) is 4.79 Å². The summed E-state index contributed by atoms with van der Waals surface area (Å²) in [5, 5.41) is 18.9. The maximum absolute atomic E-state index is 14.8. The van der Waals surface area contributed by atoms with Gasteiger partial charge in [0.05, 0.1) is 6.61 Å². The predicted octanol–water partition coefficient (Wildman–Crippen LogP) is 6.32. The summed E-state index contributed by atoms with van der Waals surface area (Å²) < 4.78 is 20.2. The normalized spacial score (nSPS) is 15.4. The van der Waals surface area contributed by atoms with Gasteiger partial charge in [0.25, 0.3) is 5.91 Å². The van der Waals surface area contributed by atoms with Crippen molar-refractivity contribution < 1.29 is 28.9 Å². The molecule has 4 aromatic rings. The molecule has 2 unspecified atom stereocenters. The molecule has 0 bridgehead atoms. The molecule has 234 valence electrons. The SMILES string of the molecule is CC.CO.Cc1ccc(-c2nc(C(C(C)c3ccccc3)N3C(=O)N[C@H](c4ccc(OCCO)cc4)C3=O)[nH]c2Cl)c(F)c1. The minimum atomic E-state index is -0.927. The van der Waals surface area contributed by atoms with E-state index in [0.717, 1.165) is 23.1 Å². The second-order valence-corrected chi connectivity index (χ2v) is 10.0. The molecule has 2 heterocycles. The summed E-state index contributed by atoms with van der Waals surface area (Å²) in [4.78, 5) is 36.0. The van der Waals surface area contributed by atoms with Crippen molar-refractivity contribution in [1.29, 1.82) is 0 Å². The van der Waals surface area contributed by atoms with Crippen LogP contribution >= 0.6 is 11.6 Å². The van der Waals surface area contributed by atoms with E-state index in [4.69, 9.17) is 26.6 Å². The van der Waals surface area contributed by atoms with Gasteiger partial charge in [-0.1, -0.05) is 80.9 Å². The first-order valence-corrected chi connectivity index (χ1v) is 14.6. The fourth-order valence-electron chi connectivity index (χ4n) is 4.92. The lowest BCUT2D eigenvalue weighted by Crippen LogP contribution is -2.38. The number of benzene rings is 3. The average Bonchev–Trinajstić information content (AvgIpc) is 3.57. The quantitative estimate of drug-likeness (QED) is 0.161. The fraction of sp³-hybridized carbons (Fsp3) is 0.303. The molecular formula is C33H38ClFN4O5. The number of aliphatic hydroxyl groups is 2. The van der Waals surface area contributed by atoms with Crippen LogP contribution in [0.4, 0.5) is 9.18 Å². The number of aromatic nitrogens is 2. The molecule has 1 aromatic heterocycles. The van der Waals surface area contributed by atoms with Crippen molar-refractivity contribution in [1.82, 2.24) is 20.2 Å². The molecular weight excluding hydrogens is 587 g/mol. The van der Waals surface area contributed by atoms with Crippen LogP contribution in [0.2, 0.25) is 5.15 Å². The number of carbonyl (C=O) groups excluding carboxylic acids is 2. The summed E-state index contributed by atoms with van der Waals surface area (Å²) in [6.45, 7) is 7.70. The lowest BCUT2D eigenvalue weighted by molar-refractivity contribution is -0.129. The molecule has 5 rings (SSSR count). The maximum Gasteiger partial charge on any atom is 0.325 e. The molecule has 0 spiro atoms. The third kappa shape index (κ3) is 7.45. The minimum Gasteiger partial charge on any atom is -0.491 e. The van der Waals surface area contributed by atoms with Crippen LogP contribution in [0.25, 0.3) is 11.3 Å². The molecule has 3 atom stereocenters. The third-order valence-corrected chi connectivity index (χ3v) is 7.23. The number of aryl methyl sites for hydroxylation is 1. The van der Waals surface area contributed by atoms with Crippen LogP contribution in [0.5, 0.6) is 5.75 Å². The van der Waals surface area contributed by atoms with Gasteiger partial charge in [0.1, 0.15) is 46.9 Å². The molecule has 1 saturated heterocycles. The van der Waals surface area contributed by atoms with Crippen LogP contribution in [0.1, 0.15) is 61.3 Å². The van der Waals surface area contributed by atoms with E-state index < -0.39 is 29.8 Å². The van der Waals surface area contributed by atoms with E-state index in [2.05, 4.69) is 15.3 Å². The minimum absolute atomic E-state index is 0.102. The second kappa shape index (κ2) is 16.0. The van der Waals surface area contributed by atoms with Crippen molar-refractivity contribution in [2.75, 3.05) is 20.3 Å². The van der Waals surface area contributed by atoms with E-state index in [1.807, 2.05) is 51.1 Å². The Hall–Kier alpha value is -4.25. The van der Waals surface area contributed by atoms with Crippen molar-refractivity contribution in [2.24, 2.45) is 0 Å². The maximum atomic E-state index is 14.8. The number of aromatic amines is 1. The number of amides is 3. The van der Waals surface area contributed by atoms with E-state index >= 15 is 0 Å². The van der Waals surface area contributed by atoms with Gasteiger partial charge in [-0.25, -0.2) is 14.2 Å². The second-order valence-electron chi connectivity index (χ2n) is 9.64. The van der Waals surface area contributed by atoms with Crippen LogP contribution in [-0.4, -0.2) is 57.3 Å². The molecule has 3 amide bonds. The monoisotopic (exact) mass is 624 g/mol. The molecule has 44 heavy (non-hydrogen) atoms. The summed E-state index contributed by atoms with van der Waals surface area (Å²) in [7, 11) is 1.00. The van der Waals surface area contributed by atoms with Gasteiger partial charge in [0.15, 0.2) is 0 Å². The number of H-pyrrole nitrogens is 1. The van der Waals surface area contributed by atoms with Crippen LogP contribution in [0.3, 0.4) is 0 Å². The number of hydrogen-bond donors (Lipinski definition) is 4. The molecule has 11 heteroatoms. The average molecular weight is 625 g/mol. The van der Waals surface area contributed by atoms with Gasteiger partial charge >= 0.3 is 6.03 Å². The van der Waals surface area contributed by atoms with Gasteiger partial charge < -0.3 is 25.3 Å². The molecule has 9 nitrogen and oxygen atoms in total. The lowest BCUT2D eigenvalue weighted by atomic mass is 9.91. The van der Waals surface area contributed by atoms with Crippen LogP contribution in [0, 0.1) is 12.7 Å². The van der Waals surface area contributed by atoms with Gasteiger partial charge in [-0.3, -0.25) is 9.69 Å². The van der Waals surface area contributed by atoms with Gasteiger partial charge in [-0.15, -0.1) is 0 Å². The Kier molecular flexibility index (Phi) is 12.5. The Morgan fingerprint density at radius 1 is 1.05 bits per heavy atom. The largest absolute Gasteiger partial charge is 0.491 e. The van der Waals surface area contributed by atoms with Gasteiger partial charge in [-0.05, 0) is 47.9 Å². The molecule has 1 aliphatic heterocycles. The smallest absolute Gasteiger partial charge is 0.325 e. The highest BCUT2D eigenvalue weighted by atomic mass is 35.5. The Balaban J connectivity index is 0.00000127. The first-order chi connectivity index (χ1) is 21.3. The summed E-state index contributed by atoms with van der Waals surface area (Å²) in [6.07, 6.45) is 0. The van der Waals surface area contributed by atoms with E-state index in [-0.39, 0.29) is 41.4 Å². The predicted molar refractivity (Wildman–Crippen MR) is 168 cm³/mol. The number of ether oxygens (including phenoxy) is 1. The third-order valence-electron chi connectivity index (χ3n) is 6.96. The first kappa shape index (κ1) is 34.2. The number of rotatable bonds is 9. The summed E-state index contributed by atoms with van der Waals surface area (Å²) >= 11 is 6.52. The summed E-state index contributed by atoms with van der Waals surface area (Å²) in [6, 6.07) is 18.5. The zero-order chi connectivity index (χ0) is 32.4. The van der Waals surface area contributed by atoms with Crippen LogP contribution in [0.15, 0.2) is 72.8 Å². The summed E-state index contributed by atoms with van der Waals surface area (Å²) in [5.41, 5.74) is 2.60. The molecule has 0 aliphatic carbocycles. The number of aliphatic hydroxyl groups excluding tert-OH is 2. The lowest BCUT2D eigenvalue weighted by Gasteiger charge is -2.29. The number of halogens is 2. The Morgan fingerprint density at radius 2 is 1.70 bits per heavy atom. The van der Waals surface area contributed by atoms with Crippen molar-refractivity contribution in [3.8, 4) is 17.0 Å². The Labute approximate surface area is 261 Å². The van der Waals surface area contributed by atoms with E-state index in [1.165, 1.54) is 6.07 Å². The number of imide groups is 1. The topological polar surface area (TPSA) is 128 Å². The van der Waals surface area contributed by atoms with Crippen molar-refractivity contribution >= 4 is 23.5 Å². The van der Waals surface area contributed by atoms with E-state index in [1.54, 1.807) is 43.3 Å². The fourth-order valence-corrected chi connectivity index (χ4v) is 5.17. The molecule has 4 N–H and O–H groups in total. The van der Waals surface area contributed by atoms with Gasteiger partial charge in [0, 0.05) is 18.6 Å². The number of imidazole rings is 1.